The quantitative estimate of drug-likeness (QED) is 0.592. The van der Waals surface area contributed by atoms with Crippen LogP contribution in [0.25, 0.3) is 0 Å². The molecule has 0 spiro atoms. The number of nitrogens with one attached hydrogen (secondary N) is 1. The average molecular weight is 400 g/mol. The Labute approximate surface area is 170 Å². The van der Waals surface area contributed by atoms with Crippen molar-refractivity contribution in [3.63, 3.8) is 0 Å². The van der Waals surface area contributed by atoms with Gasteiger partial charge >= 0.3 is 0 Å². The minimum atomic E-state index is -0.178. The summed E-state index contributed by atoms with van der Waals surface area (Å²) < 4.78 is 0. The highest BCUT2D eigenvalue weighted by Crippen LogP contribution is 2.64. The van der Waals surface area contributed by atoms with Gasteiger partial charge in [0.1, 0.15) is 0 Å². The van der Waals surface area contributed by atoms with Crippen molar-refractivity contribution in [2.75, 3.05) is 5.32 Å². The van der Waals surface area contributed by atoms with E-state index in [4.69, 9.17) is 23.2 Å². The van der Waals surface area contributed by atoms with E-state index in [1.54, 1.807) is 12.1 Å². The van der Waals surface area contributed by atoms with Crippen LogP contribution in [0.5, 0.6) is 0 Å². The molecule has 4 bridgehead atoms. The van der Waals surface area contributed by atoms with Gasteiger partial charge in [-0.15, -0.1) is 11.6 Å². The summed E-state index contributed by atoms with van der Waals surface area (Å²) in [6, 6.07) is 15.5. The lowest BCUT2D eigenvalue weighted by Crippen LogP contribution is -2.55. The molecule has 0 aliphatic heterocycles. The lowest BCUT2D eigenvalue weighted by molar-refractivity contribution is 0.00900. The zero-order valence-corrected chi connectivity index (χ0v) is 16.7. The van der Waals surface area contributed by atoms with Crippen molar-refractivity contribution in [1.29, 1.82) is 0 Å². The minimum absolute atomic E-state index is 0.0149. The Bertz CT molecular complexity index is 878. The highest BCUT2D eigenvalue weighted by atomic mass is 35.5. The molecule has 1 amide bonds. The standard InChI is InChI=1S/C23H23Cl2NO/c24-20-4-2-1-3-19(20)21(27)26-18-7-5-17(6-8-18)22-10-15-9-16(11-22)13-23(25,12-15)14-22/h1-8,15-16H,9-14H2,(H,26,27)/t15-,16-,22?,23?/m1/s1. The van der Waals surface area contributed by atoms with Crippen LogP contribution >= 0.6 is 23.2 Å². The van der Waals surface area contributed by atoms with Crippen molar-refractivity contribution in [3.05, 3.63) is 64.7 Å². The van der Waals surface area contributed by atoms with E-state index < -0.39 is 0 Å². The van der Waals surface area contributed by atoms with Gasteiger partial charge in [0.25, 0.3) is 5.91 Å². The second-order valence-electron chi connectivity index (χ2n) is 8.90. The topological polar surface area (TPSA) is 29.1 Å². The average Bonchev–Trinajstić information content (AvgIpc) is 2.60. The van der Waals surface area contributed by atoms with Crippen molar-refractivity contribution in [3.8, 4) is 0 Å². The third-order valence-electron chi connectivity index (χ3n) is 6.86. The number of benzene rings is 2. The van der Waals surface area contributed by atoms with Crippen molar-refractivity contribution < 1.29 is 4.79 Å². The first-order valence-corrected chi connectivity index (χ1v) is 10.6. The van der Waals surface area contributed by atoms with Gasteiger partial charge in [-0.1, -0.05) is 35.9 Å². The number of carbonyl (C=O) groups is 1. The Morgan fingerprint density at radius 1 is 0.963 bits per heavy atom. The Morgan fingerprint density at radius 3 is 2.26 bits per heavy atom. The first-order valence-electron chi connectivity index (χ1n) is 9.80. The lowest BCUT2D eigenvalue weighted by atomic mass is 9.47. The monoisotopic (exact) mass is 399 g/mol. The molecule has 0 aromatic heterocycles. The molecule has 4 aliphatic carbocycles. The van der Waals surface area contributed by atoms with Crippen LogP contribution in [-0.2, 0) is 5.41 Å². The van der Waals surface area contributed by atoms with E-state index in [1.807, 2.05) is 24.3 Å². The molecular formula is C23H23Cl2NO. The molecule has 0 saturated heterocycles. The SMILES string of the molecule is O=C(Nc1ccc(C23C[C@H]4C[C@@H](CC(Cl)(C4)C2)C3)cc1)c1ccccc1Cl. The molecular weight excluding hydrogens is 377 g/mol. The summed E-state index contributed by atoms with van der Waals surface area (Å²) in [5.74, 6) is 1.38. The fraction of sp³-hybridized carbons (Fsp3) is 0.435. The molecule has 2 aromatic carbocycles. The Morgan fingerprint density at radius 2 is 1.63 bits per heavy atom. The van der Waals surface area contributed by atoms with E-state index in [2.05, 4.69) is 17.4 Å². The maximum Gasteiger partial charge on any atom is 0.257 e. The highest BCUT2D eigenvalue weighted by molar-refractivity contribution is 6.34. The van der Waals surface area contributed by atoms with E-state index in [0.717, 1.165) is 23.9 Å². The van der Waals surface area contributed by atoms with E-state index in [1.165, 1.54) is 37.7 Å². The minimum Gasteiger partial charge on any atom is -0.322 e. The third-order valence-corrected chi connectivity index (χ3v) is 7.64. The summed E-state index contributed by atoms with van der Waals surface area (Å²) in [5, 5.41) is 3.42. The Kier molecular flexibility index (Phi) is 4.07. The van der Waals surface area contributed by atoms with Crippen LogP contribution in [0.15, 0.2) is 48.5 Å². The zero-order valence-electron chi connectivity index (χ0n) is 15.2. The zero-order chi connectivity index (χ0) is 18.6. The van der Waals surface area contributed by atoms with Crippen LogP contribution in [0.3, 0.4) is 0 Å². The number of rotatable bonds is 3. The summed E-state index contributed by atoms with van der Waals surface area (Å²) in [4.78, 5) is 12.5. The van der Waals surface area contributed by atoms with Gasteiger partial charge in [0.05, 0.1) is 10.6 Å². The number of carbonyl (C=O) groups excluding carboxylic acids is 1. The number of amides is 1. The molecule has 4 heteroatoms. The molecule has 27 heavy (non-hydrogen) atoms. The Balaban J connectivity index is 1.37. The number of halogens is 2. The second kappa shape index (κ2) is 6.25. The van der Waals surface area contributed by atoms with E-state index in [-0.39, 0.29) is 16.2 Å². The van der Waals surface area contributed by atoms with Gasteiger partial charge in [-0.25, -0.2) is 0 Å². The van der Waals surface area contributed by atoms with E-state index in [0.29, 0.717) is 10.6 Å². The molecule has 2 nitrogen and oxygen atoms in total. The first-order chi connectivity index (χ1) is 12.9. The normalized spacial score (nSPS) is 33.9. The van der Waals surface area contributed by atoms with Gasteiger partial charge in [0, 0.05) is 10.6 Å². The summed E-state index contributed by atoms with van der Waals surface area (Å²) in [6.07, 6.45) is 7.38. The molecule has 4 fully saturated rings. The molecule has 2 atom stereocenters. The summed E-state index contributed by atoms with van der Waals surface area (Å²) >= 11 is 13.1. The van der Waals surface area contributed by atoms with Gasteiger partial charge in [-0.2, -0.15) is 0 Å². The summed E-state index contributed by atoms with van der Waals surface area (Å²) in [6.45, 7) is 0. The Hall–Kier alpha value is -1.51. The van der Waals surface area contributed by atoms with Crippen LogP contribution < -0.4 is 5.32 Å². The maximum absolute atomic E-state index is 12.5. The van der Waals surface area contributed by atoms with Crippen LogP contribution in [0, 0.1) is 11.8 Å². The van der Waals surface area contributed by atoms with Crippen LogP contribution in [0.4, 0.5) is 5.69 Å². The molecule has 6 rings (SSSR count). The smallest absolute Gasteiger partial charge is 0.257 e. The van der Waals surface area contributed by atoms with Crippen molar-refractivity contribution in [2.45, 2.75) is 48.8 Å². The van der Waals surface area contributed by atoms with E-state index in [9.17, 15) is 4.79 Å². The predicted octanol–water partition coefficient (Wildman–Crippen LogP) is 6.42. The van der Waals surface area contributed by atoms with Gasteiger partial charge in [0.2, 0.25) is 0 Å². The van der Waals surface area contributed by atoms with Crippen LogP contribution in [-0.4, -0.2) is 10.8 Å². The van der Waals surface area contributed by atoms with Crippen molar-refractivity contribution in [2.24, 2.45) is 11.8 Å². The van der Waals surface area contributed by atoms with Gasteiger partial charge in [-0.3, -0.25) is 4.79 Å². The number of alkyl halides is 1. The number of anilines is 1. The number of hydrogen-bond acceptors (Lipinski definition) is 1. The number of hydrogen-bond donors (Lipinski definition) is 1. The van der Waals surface area contributed by atoms with Crippen molar-refractivity contribution in [1.82, 2.24) is 0 Å². The van der Waals surface area contributed by atoms with Gasteiger partial charge in [0.15, 0.2) is 0 Å². The van der Waals surface area contributed by atoms with Gasteiger partial charge < -0.3 is 5.32 Å². The largest absolute Gasteiger partial charge is 0.322 e. The first kappa shape index (κ1) is 17.6. The molecule has 1 N–H and O–H groups in total. The molecule has 2 aromatic rings. The molecule has 4 aliphatic rings. The summed E-state index contributed by atoms with van der Waals surface area (Å²) in [7, 11) is 0. The molecule has 0 radical (unpaired) electrons. The third kappa shape index (κ3) is 3.07. The second-order valence-corrected chi connectivity index (χ2v) is 10.1. The molecule has 4 saturated carbocycles. The fourth-order valence-corrected chi connectivity index (χ4v) is 7.15. The van der Waals surface area contributed by atoms with Crippen LogP contribution in [0.1, 0.15) is 54.4 Å². The highest BCUT2D eigenvalue weighted by Gasteiger charge is 2.57. The van der Waals surface area contributed by atoms with Crippen molar-refractivity contribution >= 4 is 34.8 Å². The van der Waals surface area contributed by atoms with Gasteiger partial charge in [-0.05, 0) is 85.6 Å². The fourth-order valence-electron chi connectivity index (χ4n) is 6.24. The molecule has 0 heterocycles. The predicted molar refractivity (Wildman–Crippen MR) is 111 cm³/mol. The lowest BCUT2D eigenvalue weighted by Gasteiger charge is -2.60. The molecule has 140 valence electrons. The summed E-state index contributed by atoms with van der Waals surface area (Å²) in [5.41, 5.74) is 2.91. The van der Waals surface area contributed by atoms with E-state index >= 15 is 0 Å². The molecule has 0 unspecified atom stereocenters. The van der Waals surface area contributed by atoms with Crippen LogP contribution in [0.2, 0.25) is 5.02 Å². The maximum atomic E-state index is 12.5.